The van der Waals surface area contributed by atoms with Crippen LogP contribution in [0.1, 0.15) is 21.5 Å². The van der Waals surface area contributed by atoms with Gasteiger partial charge in [-0.05, 0) is 52.9 Å². The minimum Gasteiger partial charge on any atom is -0.491 e. The van der Waals surface area contributed by atoms with E-state index in [-0.39, 0.29) is 24.2 Å². The van der Waals surface area contributed by atoms with E-state index in [4.69, 9.17) is 27.0 Å². The smallest absolute Gasteiger partial charge is 0.251 e. The summed E-state index contributed by atoms with van der Waals surface area (Å²) in [5, 5.41) is 17.5. The fourth-order valence-corrected chi connectivity index (χ4v) is 2.50. The van der Waals surface area contributed by atoms with Gasteiger partial charge in [0.25, 0.3) is 5.91 Å². The van der Waals surface area contributed by atoms with Gasteiger partial charge in [-0.25, -0.2) is 0 Å². The van der Waals surface area contributed by atoms with Crippen molar-refractivity contribution in [3.63, 3.8) is 0 Å². The van der Waals surface area contributed by atoms with Gasteiger partial charge in [-0.1, -0.05) is 12.1 Å². The maximum atomic E-state index is 12.0. The van der Waals surface area contributed by atoms with Crippen molar-refractivity contribution in [3.8, 4) is 5.75 Å². The molecule has 0 saturated heterocycles. The van der Waals surface area contributed by atoms with Gasteiger partial charge >= 0.3 is 0 Å². The lowest BCUT2D eigenvalue weighted by molar-refractivity contribution is 0.0947. The Bertz CT molecular complexity index is 805. The van der Waals surface area contributed by atoms with Crippen molar-refractivity contribution >= 4 is 40.2 Å². The Morgan fingerprint density at radius 2 is 1.56 bits per heavy atom. The van der Waals surface area contributed by atoms with E-state index in [1.807, 2.05) is 6.07 Å². The van der Waals surface area contributed by atoms with Crippen molar-refractivity contribution in [2.24, 2.45) is 11.5 Å². The molecule has 25 heavy (non-hydrogen) atoms. The lowest BCUT2D eigenvalue weighted by Crippen LogP contribution is -2.28. The van der Waals surface area contributed by atoms with Crippen LogP contribution in [0.25, 0.3) is 0 Å². The predicted octanol–water partition coefficient (Wildman–Crippen LogP) is 1.67. The Hall–Kier alpha value is -2.62. The predicted molar refractivity (Wildman–Crippen MR) is 105 cm³/mol. The third-order valence-corrected chi connectivity index (χ3v) is 4.24. The summed E-state index contributed by atoms with van der Waals surface area (Å²) in [6.07, 6.45) is 0. The standard InChI is InChI=1S/C17H18IN5O2/c18-13-6-5-12(16(21)22)9-14(13)25-8-7-23-17(24)11-3-1-10(2-4-11)15(19)20/h1-6,9H,7-8H2,(H3,19,20)(H3,21,22)(H,23,24). The quantitative estimate of drug-likeness (QED) is 0.189. The molecular weight excluding hydrogens is 433 g/mol. The van der Waals surface area contributed by atoms with Crippen LogP contribution in [0.3, 0.4) is 0 Å². The third-order valence-electron chi connectivity index (χ3n) is 3.35. The van der Waals surface area contributed by atoms with Gasteiger partial charge in [0, 0.05) is 16.7 Å². The number of hydrogen-bond donors (Lipinski definition) is 5. The van der Waals surface area contributed by atoms with Crippen LogP contribution in [0.5, 0.6) is 5.75 Å². The fourth-order valence-electron chi connectivity index (χ4n) is 2.01. The van der Waals surface area contributed by atoms with Gasteiger partial charge in [0.2, 0.25) is 0 Å². The van der Waals surface area contributed by atoms with Gasteiger partial charge in [0.1, 0.15) is 24.0 Å². The zero-order chi connectivity index (χ0) is 18.4. The molecule has 0 unspecified atom stereocenters. The van der Waals surface area contributed by atoms with Crippen molar-refractivity contribution in [1.82, 2.24) is 5.32 Å². The van der Waals surface area contributed by atoms with E-state index in [0.29, 0.717) is 29.0 Å². The van der Waals surface area contributed by atoms with Gasteiger partial charge < -0.3 is 21.5 Å². The van der Waals surface area contributed by atoms with Crippen molar-refractivity contribution < 1.29 is 9.53 Å². The van der Waals surface area contributed by atoms with E-state index in [9.17, 15) is 4.79 Å². The Morgan fingerprint density at radius 1 is 1.00 bits per heavy atom. The van der Waals surface area contributed by atoms with E-state index in [1.54, 1.807) is 36.4 Å². The van der Waals surface area contributed by atoms with Gasteiger partial charge in [-0.2, -0.15) is 0 Å². The molecule has 0 bridgehead atoms. The van der Waals surface area contributed by atoms with E-state index < -0.39 is 0 Å². The van der Waals surface area contributed by atoms with Crippen LogP contribution in [-0.2, 0) is 0 Å². The Balaban J connectivity index is 1.86. The van der Waals surface area contributed by atoms with Crippen LogP contribution in [-0.4, -0.2) is 30.7 Å². The number of rotatable bonds is 7. The number of halogens is 1. The molecule has 0 aliphatic rings. The minimum absolute atomic E-state index is 0.0245. The van der Waals surface area contributed by atoms with Crippen molar-refractivity contribution in [2.75, 3.05) is 13.2 Å². The topological polar surface area (TPSA) is 138 Å². The molecule has 0 atom stereocenters. The number of ether oxygens (including phenoxy) is 1. The molecule has 0 radical (unpaired) electrons. The Kier molecular flexibility index (Phi) is 6.34. The number of nitrogens with two attached hydrogens (primary N) is 2. The number of benzene rings is 2. The van der Waals surface area contributed by atoms with Gasteiger partial charge in [-0.15, -0.1) is 0 Å². The van der Waals surface area contributed by atoms with Crippen LogP contribution in [0.4, 0.5) is 0 Å². The zero-order valence-corrected chi connectivity index (χ0v) is 15.5. The highest BCUT2D eigenvalue weighted by Crippen LogP contribution is 2.22. The molecule has 7 nitrogen and oxygen atoms in total. The normalized spacial score (nSPS) is 10.1. The van der Waals surface area contributed by atoms with Crippen LogP contribution < -0.4 is 21.5 Å². The molecule has 0 fully saturated rings. The number of carbonyl (C=O) groups excluding carboxylic acids is 1. The summed E-state index contributed by atoms with van der Waals surface area (Å²) >= 11 is 2.13. The summed E-state index contributed by atoms with van der Waals surface area (Å²) in [5.41, 5.74) is 12.5. The molecule has 2 aromatic rings. The highest BCUT2D eigenvalue weighted by atomic mass is 127. The molecule has 7 N–H and O–H groups in total. The van der Waals surface area contributed by atoms with Crippen molar-refractivity contribution in [1.29, 1.82) is 10.8 Å². The molecule has 8 heteroatoms. The second-order valence-corrected chi connectivity index (χ2v) is 6.32. The van der Waals surface area contributed by atoms with Crippen LogP contribution in [0, 0.1) is 14.4 Å². The van der Waals surface area contributed by atoms with Gasteiger partial charge in [0.15, 0.2) is 0 Å². The van der Waals surface area contributed by atoms with E-state index >= 15 is 0 Å². The van der Waals surface area contributed by atoms with Gasteiger partial charge in [-0.3, -0.25) is 15.6 Å². The fraction of sp³-hybridized carbons (Fsp3) is 0.118. The second kappa shape index (κ2) is 8.47. The number of amidine groups is 2. The first-order chi connectivity index (χ1) is 11.9. The van der Waals surface area contributed by atoms with Gasteiger partial charge in [0.05, 0.1) is 10.1 Å². The molecule has 0 heterocycles. The third kappa shape index (κ3) is 5.18. The SMILES string of the molecule is N=C(N)c1ccc(C(=O)NCCOc2cc(C(=N)N)ccc2I)cc1. The number of hydrogen-bond acceptors (Lipinski definition) is 4. The Labute approximate surface area is 158 Å². The largest absolute Gasteiger partial charge is 0.491 e. The van der Waals surface area contributed by atoms with E-state index in [1.165, 1.54) is 0 Å². The van der Waals surface area contributed by atoms with E-state index in [0.717, 1.165) is 3.57 Å². The summed E-state index contributed by atoms with van der Waals surface area (Å²) in [5.74, 6) is 0.325. The van der Waals surface area contributed by atoms with E-state index in [2.05, 4.69) is 27.9 Å². The number of nitrogen functional groups attached to an aromatic ring is 2. The van der Waals surface area contributed by atoms with Crippen molar-refractivity contribution in [2.45, 2.75) is 0 Å². The highest BCUT2D eigenvalue weighted by Gasteiger charge is 2.07. The van der Waals surface area contributed by atoms with Crippen LogP contribution >= 0.6 is 22.6 Å². The van der Waals surface area contributed by atoms with Crippen LogP contribution in [0.2, 0.25) is 0 Å². The number of nitrogens with one attached hydrogen (secondary N) is 3. The molecular formula is C17H18IN5O2. The highest BCUT2D eigenvalue weighted by molar-refractivity contribution is 14.1. The number of carbonyl (C=O) groups is 1. The summed E-state index contributed by atoms with van der Waals surface area (Å²) in [7, 11) is 0. The molecule has 0 aliphatic carbocycles. The molecule has 0 saturated carbocycles. The lowest BCUT2D eigenvalue weighted by Gasteiger charge is -2.11. The molecule has 0 aromatic heterocycles. The second-order valence-electron chi connectivity index (χ2n) is 5.15. The Morgan fingerprint density at radius 3 is 2.16 bits per heavy atom. The first-order valence-electron chi connectivity index (χ1n) is 7.38. The summed E-state index contributed by atoms with van der Waals surface area (Å²) in [6, 6.07) is 11.8. The first-order valence-corrected chi connectivity index (χ1v) is 8.45. The maximum absolute atomic E-state index is 12.0. The minimum atomic E-state index is -0.231. The molecule has 0 spiro atoms. The molecule has 1 amide bonds. The average Bonchev–Trinajstić information content (AvgIpc) is 2.59. The monoisotopic (exact) mass is 451 g/mol. The summed E-state index contributed by atoms with van der Waals surface area (Å²) in [4.78, 5) is 12.0. The maximum Gasteiger partial charge on any atom is 0.251 e. The summed E-state index contributed by atoms with van der Waals surface area (Å²) in [6.45, 7) is 0.613. The first kappa shape index (κ1) is 18.7. The zero-order valence-electron chi connectivity index (χ0n) is 13.3. The molecule has 0 aliphatic heterocycles. The molecule has 2 rings (SSSR count). The molecule has 130 valence electrons. The number of amides is 1. The molecule has 2 aromatic carbocycles. The lowest BCUT2D eigenvalue weighted by atomic mass is 10.1. The van der Waals surface area contributed by atoms with Crippen LogP contribution in [0.15, 0.2) is 42.5 Å². The summed E-state index contributed by atoms with van der Waals surface area (Å²) < 4.78 is 6.54. The average molecular weight is 451 g/mol. The van der Waals surface area contributed by atoms with Crippen molar-refractivity contribution in [3.05, 3.63) is 62.7 Å².